The van der Waals surface area contributed by atoms with Gasteiger partial charge in [-0.2, -0.15) is 0 Å². The SMILES string of the molecule is COc1ccc(CN2CC(C(=O)Nc3cc4oc5ccccc5c4cc3OC)CC2=O)cc1. The van der Waals surface area contributed by atoms with Gasteiger partial charge in [-0.3, -0.25) is 9.59 Å². The molecule has 0 aliphatic carbocycles. The number of rotatable bonds is 6. The number of furan rings is 1. The van der Waals surface area contributed by atoms with Gasteiger partial charge in [-0.25, -0.2) is 0 Å². The van der Waals surface area contributed by atoms with Gasteiger partial charge in [-0.05, 0) is 29.8 Å². The number of hydrogen-bond donors (Lipinski definition) is 1. The Kier molecular flexibility index (Phi) is 5.38. The van der Waals surface area contributed by atoms with Crippen LogP contribution < -0.4 is 14.8 Å². The van der Waals surface area contributed by atoms with Gasteiger partial charge in [-0.1, -0.05) is 30.3 Å². The molecule has 0 saturated carbocycles. The molecule has 1 fully saturated rings. The smallest absolute Gasteiger partial charge is 0.229 e. The second-order valence-electron chi connectivity index (χ2n) is 8.16. The van der Waals surface area contributed by atoms with Gasteiger partial charge >= 0.3 is 0 Å². The fourth-order valence-corrected chi connectivity index (χ4v) is 4.30. The van der Waals surface area contributed by atoms with Crippen LogP contribution >= 0.6 is 0 Å². The maximum absolute atomic E-state index is 13.0. The molecule has 1 aliphatic rings. The van der Waals surface area contributed by atoms with E-state index < -0.39 is 5.92 Å². The molecule has 0 bridgehead atoms. The minimum atomic E-state index is -0.438. The maximum atomic E-state index is 13.0. The molecule has 1 N–H and O–H groups in total. The van der Waals surface area contributed by atoms with Crippen LogP contribution in [0.25, 0.3) is 21.9 Å². The Bertz CT molecular complexity index is 1340. The van der Waals surface area contributed by atoms with Crippen molar-refractivity contribution in [3.8, 4) is 11.5 Å². The van der Waals surface area contributed by atoms with Gasteiger partial charge in [-0.15, -0.1) is 0 Å². The second kappa shape index (κ2) is 8.50. The van der Waals surface area contributed by atoms with E-state index in [-0.39, 0.29) is 18.2 Å². The molecular weight excluding hydrogens is 420 g/mol. The predicted octanol–water partition coefficient (Wildman–Crippen LogP) is 4.59. The van der Waals surface area contributed by atoms with E-state index in [1.165, 1.54) is 0 Å². The van der Waals surface area contributed by atoms with E-state index in [0.717, 1.165) is 27.7 Å². The lowest BCUT2D eigenvalue weighted by Gasteiger charge is -2.17. The largest absolute Gasteiger partial charge is 0.497 e. The zero-order valence-corrected chi connectivity index (χ0v) is 18.5. The fourth-order valence-electron chi connectivity index (χ4n) is 4.30. The topological polar surface area (TPSA) is 81.0 Å². The van der Waals surface area contributed by atoms with Crippen molar-refractivity contribution in [3.05, 3.63) is 66.2 Å². The Morgan fingerprint density at radius 1 is 1.03 bits per heavy atom. The first-order chi connectivity index (χ1) is 16.1. The standard InChI is InChI=1S/C26H24N2O5/c1-31-18-9-7-16(8-10-18)14-28-15-17(11-25(28)29)26(30)27-21-13-23-20(12-24(21)32-2)19-5-3-4-6-22(19)33-23/h3-10,12-13,17H,11,14-15H2,1-2H3,(H,27,30). The first kappa shape index (κ1) is 20.9. The number of nitrogens with one attached hydrogen (secondary N) is 1. The number of amides is 2. The van der Waals surface area contributed by atoms with Gasteiger partial charge in [0.05, 0.1) is 25.8 Å². The number of para-hydroxylation sites is 1. The molecule has 2 heterocycles. The van der Waals surface area contributed by atoms with Crippen molar-refractivity contribution in [1.82, 2.24) is 4.90 Å². The summed E-state index contributed by atoms with van der Waals surface area (Å²) in [5.74, 6) is 0.618. The molecule has 7 nitrogen and oxygen atoms in total. The number of carbonyl (C=O) groups is 2. The van der Waals surface area contributed by atoms with E-state index in [9.17, 15) is 9.59 Å². The van der Waals surface area contributed by atoms with E-state index in [2.05, 4.69) is 5.32 Å². The lowest BCUT2D eigenvalue weighted by molar-refractivity contribution is -0.128. The zero-order valence-electron chi connectivity index (χ0n) is 18.5. The van der Waals surface area contributed by atoms with Crippen LogP contribution in [0.1, 0.15) is 12.0 Å². The molecular formula is C26H24N2O5. The summed E-state index contributed by atoms with van der Waals surface area (Å²) in [5.41, 5.74) is 2.95. The second-order valence-corrected chi connectivity index (χ2v) is 8.16. The highest BCUT2D eigenvalue weighted by atomic mass is 16.5. The van der Waals surface area contributed by atoms with Crippen LogP contribution in [0.15, 0.2) is 65.1 Å². The highest BCUT2D eigenvalue weighted by Gasteiger charge is 2.34. The normalized spacial score (nSPS) is 15.9. The predicted molar refractivity (Wildman–Crippen MR) is 125 cm³/mol. The fraction of sp³-hybridized carbons (Fsp3) is 0.231. The summed E-state index contributed by atoms with van der Waals surface area (Å²) >= 11 is 0. The Morgan fingerprint density at radius 3 is 2.58 bits per heavy atom. The molecule has 1 aliphatic heterocycles. The molecule has 33 heavy (non-hydrogen) atoms. The number of ether oxygens (including phenoxy) is 2. The molecule has 1 saturated heterocycles. The van der Waals surface area contributed by atoms with E-state index in [1.807, 2.05) is 54.6 Å². The lowest BCUT2D eigenvalue weighted by Crippen LogP contribution is -2.28. The number of fused-ring (bicyclic) bond motifs is 3. The number of methoxy groups -OCH3 is 2. The van der Waals surface area contributed by atoms with Gasteiger partial charge < -0.3 is 24.1 Å². The Labute approximate surface area is 190 Å². The molecule has 7 heteroatoms. The number of carbonyl (C=O) groups excluding carboxylic acids is 2. The number of benzene rings is 3. The summed E-state index contributed by atoms with van der Waals surface area (Å²) in [7, 11) is 3.18. The van der Waals surface area contributed by atoms with Crippen LogP contribution in [0, 0.1) is 5.92 Å². The molecule has 0 spiro atoms. The van der Waals surface area contributed by atoms with Crippen molar-refractivity contribution in [2.45, 2.75) is 13.0 Å². The van der Waals surface area contributed by atoms with Crippen LogP contribution in [-0.4, -0.2) is 37.5 Å². The third-order valence-corrected chi connectivity index (χ3v) is 6.07. The average molecular weight is 444 g/mol. The van der Waals surface area contributed by atoms with E-state index in [0.29, 0.717) is 30.1 Å². The Balaban J connectivity index is 1.32. The maximum Gasteiger partial charge on any atom is 0.229 e. The van der Waals surface area contributed by atoms with Crippen molar-refractivity contribution >= 4 is 39.4 Å². The summed E-state index contributed by atoms with van der Waals surface area (Å²) < 4.78 is 16.6. The summed E-state index contributed by atoms with van der Waals surface area (Å²) in [5, 5.41) is 4.84. The third-order valence-electron chi connectivity index (χ3n) is 6.07. The lowest BCUT2D eigenvalue weighted by atomic mass is 10.1. The number of anilines is 1. The van der Waals surface area contributed by atoms with Gasteiger partial charge in [0.25, 0.3) is 0 Å². The Morgan fingerprint density at radius 2 is 1.82 bits per heavy atom. The van der Waals surface area contributed by atoms with Crippen molar-refractivity contribution in [3.63, 3.8) is 0 Å². The molecule has 4 aromatic rings. The quantitative estimate of drug-likeness (QED) is 0.470. The number of likely N-dealkylation sites (tertiary alicyclic amines) is 1. The molecule has 0 radical (unpaired) electrons. The van der Waals surface area contributed by atoms with Gasteiger partial charge in [0.1, 0.15) is 22.7 Å². The van der Waals surface area contributed by atoms with Gasteiger partial charge in [0.15, 0.2) is 0 Å². The number of hydrogen-bond acceptors (Lipinski definition) is 5. The van der Waals surface area contributed by atoms with Crippen LogP contribution in [0.5, 0.6) is 11.5 Å². The Hall–Kier alpha value is -4.00. The van der Waals surface area contributed by atoms with Crippen LogP contribution in [0.4, 0.5) is 5.69 Å². The van der Waals surface area contributed by atoms with Crippen molar-refractivity contribution in [2.75, 3.05) is 26.1 Å². The van der Waals surface area contributed by atoms with Crippen LogP contribution in [0.3, 0.4) is 0 Å². The van der Waals surface area contributed by atoms with E-state index in [1.54, 1.807) is 25.2 Å². The zero-order chi connectivity index (χ0) is 22.9. The third kappa shape index (κ3) is 3.98. The molecule has 1 atom stereocenters. The average Bonchev–Trinajstić information content (AvgIpc) is 3.38. The molecule has 2 amide bonds. The van der Waals surface area contributed by atoms with Crippen LogP contribution in [0.2, 0.25) is 0 Å². The van der Waals surface area contributed by atoms with Crippen molar-refractivity contribution in [2.24, 2.45) is 5.92 Å². The molecule has 3 aromatic carbocycles. The minimum absolute atomic E-state index is 0.0364. The van der Waals surface area contributed by atoms with Crippen LogP contribution in [-0.2, 0) is 16.1 Å². The summed E-state index contributed by atoms with van der Waals surface area (Å²) in [6, 6.07) is 19.0. The van der Waals surface area contributed by atoms with E-state index in [4.69, 9.17) is 13.9 Å². The minimum Gasteiger partial charge on any atom is -0.497 e. The molecule has 168 valence electrons. The van der Waals surface area contributed by atoms with Gasteiger partial charge in [0.2, 0.25) is 11.8 Å². The molecule has 1 unspecified atom stereocenters. The number of nitrogens with zero attached hydrogens (tertiary/aromatic N) is 1. The van der Waals surface area contributed by atoms with E-state index >= 15 is 0 Å². The van der Waals surface area contributed by atoms with Gasteiger partial charge in [0, 0.05) is 36.3 Å². The first-order valence-electron chi connectivity index (χ1n) is 10.8. The highest BCUT2D eigenvalue weighted by Crippen LogP contribution is 2.36. The van der Waals surface area contributed by atoms with Crippen molar-refractivity contribution < 1.29 is 23.5 Å². The summed E-state index contributed by atoms with van der Waals surface area (Å²) in [6.07, 6.45) is 0.178. The summed E-state index contributed by atoms with van der Waals surface area (Å²) in [4.78, 5) is 27.3. The summed E-state index contributed by atoms with van der Waals surface area (Å²) in [6.45, 7) is 0.826. The van der Waals surface area contributed by atoms with Crippen molar-refractivity contribution in [1.29, 1.82) is 0 Å². The molecule has 5 rings (SSSR count). The first-order valence-corrected chi connectivity index (χ1v) is 10.8. The molecule has 1 aromatic heterocycles. The monoisotopic (exact) mass is 444 g/mol. The highest BCUT2D eigenvalue weighted by molar-refractivity contribution is 6.08.